The van der Waals surface area contributed by atoms with Crippen molar-refractivity contribution in [2.45, 2.75) is 126 Å². The van der Waals surface area contributed by atoms with Crippen LogP contribution in [0.1, 0.15) is 126 Å². The highest BCUT2D eigenvalue weighted by molar-refractivity contribution is 5.81. The molecule has 2 atom stereocenters. The minimum Gasteiger partial charge on any atom is -0.469 e. The van der Waals surface area contributed by atoms with Gasteiger partial charge in [0.2, 0.25) is 0 Å². The van der Waals surface area contributed by atoms with Crippen LogP contribution in [0, 0.1) is 21.7 Å². The van der Waals surface area contributed by atoms with E-state index in [9.17, 15) is 19.2 Å². The molecule has 0 heterocycles. The zero-order chi connectivity index (χ0) is 25.4. The zero-order valence-corrected chi connectivity index (χ0v) is 21.5. The summed E-state index contributed by atoms with van der Waals surface area (Å²) in [4.78, 5) is 49.4. The van der Waals surface area contributed by atoms with Gasteiger partial charge >= 0.3 is 23.9 Å². The van der Waals surface area contributed by atoms with Gasteiger partial charge in [-0.3, -0.25) is 19.2 Å². The van der Waals surface area contributed by atoms with Crippen LogP contribution >= 0.6 is 0 Å². The van der Waals surface area contributed by atoms with Crippen LogP contribution in [0.15, 0.2) is 0 Å². The highest BCUT2D eigenvalue weighted by atomic mass is 16.6. The fourth-order valence-electron chi connectivity index (χ4n) is 3.94. The molecule has 234 valence electrons. The van der Waals surface area contributed by atoms with E-state index in [1.54, 1.807) is 41.5 Å². The highest BCUT2D eigenvalue weighted by Gasteiger charge is 2.44. The second-order valence-corrected chi connectivity index (χ2v) is 10.2. The lowest BCUT2D eigenvalue weighted by Crippen LogP contribution is -2.39. The number of methoxy groups -OCH3 is 2. The molecular formula is C30H66O8. The topological polar surface area (TPSA) is 105 Å². The molecule has 0 rings (SSSR count). The van der Waals surface area contributed by atoms with Crippen LogP contribution in [0.5, 0.6) is 0 Å². The Morgan fingerprint density at radius 2 is 0.789 bits per heavy atom. The van der Waals surface area contributed by atoms with Gasteiger partial charge in [-0.15, -0.1) is 0 Å². The van der Waals surface area contributed by atoms with Gasteiger partial charge in [0.05, 0.1) is 35.9 Å². The molecule has 0 aromatic rings. The van der Waals surface area contributed by atoms with Crippen molar-refractivity contribution in [3.05, 3.63) is 0 Å². The monoisotopic (exact) mass is 554 g/mol. The van der Waals surface area contributed by atoms with E-state index in [2.05, 4.69) is 0 Å². The molecule has 0 amide bonds. The third kappa shape index (κ3) is 14.1. The van der Waals surface area contributed by atoms with Crippen LogP contribution in [0.2, 0.25) is 0 Å². The lowest BCUT2D eigenvalue weighted by molar-refractivity contribution is -0.169. The van der Waals surface area contributed by atoms with Crippen molar-refractivity contribution in [1.82, 2.24) is 0 Å². The van der Waals surface area contributed by atoms with Crippen molar-refractivity contribution in [3.8, 4) is 0 Å². The van der Waals surface area contributed by atoms with Gasteiger partial charge < -0.3 is 18.9 Å². The lowest BCUT2D eigenvalue weighted by atomic mass is 9.72. The summed E-state index contributed by atoms with van der Waals surface area (Å²) in [6.45, 7) is 13.9. The Kier molecular flexibility index (Phi) is 28.6. The molecule has 0 radical (unpaired) electrons. The van der Waals surface area contributed by atoms with Crippen LogP contribution in [0.3, 0.4) is 0 Å². The molecule has 8 nitrogen and oxygen atoms in total. The minimum absolute atomic E-state index is 0. The van der Waals surface area contributed by atoms with Crippen LogP contribution in [0.4, 0.5) is 0 Å². The van der Waals surface area contributed by atoms with E-state index in [0.29, 0.717) is 12.8 Å². The number of carbonyl (C=O) groups is 4. The number of hydrogen-bond acceptors (Lipinski definition) is 8. The Morgan fingerprint density at radius 3 is 1.11 bits per heavy atom. The normalized spacial score (nSPS) is 13.2. The van der Waals surface area contributed by atoms with Crippen molar-refractivity contribution >= 4 is 23.9 Å². The summed E-state index contributed by atoms with van der Waals surface area (Å²) in [6.07, 6.45) is 1.52. The molecule has 0 aliphatic carbocycles. The molecule has 2 unspecified atom stereocenters. The summed E-state index contributed by atoms with van der Waals surface area (Å²) in [6, 6.07) is 0. The van der Waals surface area contributed by atoms with Crippen molar-refractivity contribution < 1.29 is 38.1 Å². The lowest BCUT2D eigenvalue weighted by Gasteiger charge is -2.34. The molecule has 38 heavy (non-hydrogen) atoms. The van der Waals surface area contributed by atoms with Gasteiger partial charge in [-0.2, -0.15) is 0 Å². The average molecular weight is 555 g/mol. The smallest absolute Gasteiger partial charge is 0.311 e. The number of esters is 4. The van der Waals surface area contributed by atoms with Gasteiger partial charge in [-0.05, 0) is 67.2 Å². The summed E-state index contributed by atoms with van der Waals surface area (Å²) in [5.74, 6) is -1.71. The Morgan fingerprint density at radius 1 is 0.500 bits per heavy atom. The molecular weight excluding hydrogens is 488 g/mol. The van der Waals surface area contributed by atoms with Gasteiger partial charge in [0.25, 0.3) is 0 Å². The molecule has 0 aliphatic heterocycles. The first-order valence-corrected chi connectivity index (χ1v) is 11.1. The van der Waals surface area contributed by atoms with E-state index in [1.165, 1.54) is 14.2 Å². The predicted octanol–water partition coefficient (Wildman–Crippen LogP) is 7.90. The number of ether oxygens (including phenoxy) is 4. The summed E-state index contributed by atoms with van der Waals surface area (Å²) in [7, 11) is 2.64. The molecule has 0 saturated heterocycles. The van der Waals surface area contributed by atoms with Gasteiger partial charge in [0, 0.05) is 0 Å². The van der Waals surface area contributed by atoms with Crippen LogP contribution in [-0.2, 0) is 38.1 Å². The standard InChI is InChI=1S/C24H42O8.6CH4/c1-11-23(7,19(27)30-10)16-22(5,6)18(26)31-13-14-32-20(28)24(8,12-2)15-21(3,4)17(25)29-9;;;;;;/h11-16H2,1-10H3;6*1H4. The Bertz CT molecular complexity index is 684. The minimum atomic E-state index is -0.925. The largest absolute Gasteiger partial charge is 0.469 e. The van der Waals surface area contributed by atoms with Crippen molar-refractivity contribution in [1.29, 1.82) is 0 Å². The summed E-state index contributed by atoms with van der Waals surface area (Å²) in [5.41, 5.74) is -3.46. The fourth-order valence-corrected chi connectivity index (χ4v) is 3.94. The molecule has 0 bridgehead atoms. The van der Waals surface area contributed by atoms with Crippen LogP contribution in [0.25, 0.3) is 0 Å². The van der Waals surface area contributed by atoms with E-state index < -0.39 is 39.6 Å². The summed E-state index contributed by atoms with van der Waals surface area (Å²) < 4.78 is 20.4. The van der Waals surface area contributed by atoms with E-state index in [1.807, 2.05) is 13.8 Å². The SMILES string of the molecule is C.C.C.C.C.C.CCC(C)(CC(C)(C)C(=O)OCCOC(=O)C(C)(CC)CC(C)(C)C(=O)OC)C(=O)OC. The maximum atomic E-state index is 12.7. The molecule has 0 N–H and O–H groups in total. The second kappa shape index (κ2) is 20.8. The molecule has 0 aromatic heterocycles. The van der Waals surface area contributed by atoms with Crippen LogP contribution < -0.4 is 0 Å². The summed E-state index contributed by atoms with van der Waals surface area (Å²) >= 11 is 0. The molecule has 8 heteroatoms. The Balaban J connectivity index is -0.000000320. The molecule has 0 saturated carbocycles. The molecule has 0 aromatic carbocycles. The van der Waals surface area contributed by atoms with Crippen LogP contribution in [-0.4, -0.2) is 51.3 Å². The van der Waals surface area contributed by atoms with Crippen molar-refractivity contribution in [2.75, 3.05) is 27.4 Å². The first-order valence-electron chi connectivity index (χ1n) is 11.1. The number of carbonyl (C=O) groups excluding carboxylic acids is 4. The average Bonchev–Trinajstić information content (AvgIpc) is 2.73. The van der Waals surface area contributed by atoms with E-state index in [4.69, 9.17) is 18.9 Å². The summed E-state index contributed by atoms with van der Waals surface area (Å²) in [5, 5.41) is 0. The predicted molar refractivity (Wildman–Crippen MR) is 160 cm³/mol. The Labute approximate surface area is 236 Å². The van der Waals surface area contributed by atoms with Gasteiger partial charge in [-0.25, -0.2) is 0 Å². The first-order chi connectivity index (χ1) is 14.5. The van der Waals surface area contributed by atoms with E-state index in [-0.39, 0.29) is 76.6 Å². The quantitative estimate of drug-likeness (QED) is 0.128. The third-order valence-corrected chi connectivity index (χ3v) is 6.24. The number of rotatable bonds is 13. The molecule has 0 spiro atoms. The molecule has 0 aliphatic rings. The molecule has 0 fully saturated rings. The van der Waals surface area contributed by atoms with Crippen molar-refractivity contribution in [3.63, 3.8) is 0 Å². The Hall–Kier alpha value is -2.12. The maximum Gasteiger partial charge on any atom is 0.311 e. The highest BCUT2D eigenvalue weighted by Crippen LogP contribution is 2.39. The van der Waals surface area contributed by atoms with Gasteiger partial charge in [0.1, 0.15) is 13.2 Å². The number of hydrogen-bond donors (Lipinski definition) is 0. The zero-order valence-electron chi connectivity index (χ0n) is 21.5. The van der Waals surface area contributed by atoms with Gasteiger partial charge in [-0.1, -0.05) is 58.4 Å². The van der Waals surface area contributed by atoms with E-state index in [0.717, 1.165) is 0 Å². The van der Waals surface area contributed by atoms with Gasteiger partial charge in [0.15, 0.2) is 0 Å². The third-order valence-electron chi connectivity index (χ3n) is 6.24. The fraction of sp³-hybridized carbons (Fsp3) is 0.867. The second-order valence-electron chi connectivity index (χ2n) is 10.2. The van der Waals surface area contributed by atoms with E-state index >= 15 is 0 Å². The van der Waals surface area contributed by atoms with Crippen molar-refractivity contribution in [2.24, 2.45) is 21.7 Å². The first kappa shape index (κ1) is 52.3. The maximum absolute atomic E-state index is 12.7.